The minimum Gasteiger partial charge on any atom is -0.481 e. The lowest BCUT2D eigenvalue weighted by Crippen LogP contribution is -2.04. The van der Waals surface area contributed by atoms with Crippen LogP contribution in [0.4, 0.5) is 0 Å². The summed E-state index contributed by atoms with van der Waals surface area (Å²) >= 11 is 0. The molecule has 0 aliphatic rings. The van der Waals surface area contributed by atoms with Crippen molar-refractivity contribution in [2.45, 2.75) is 70.8 Å². The molecule has 2 N–H and O–H groups in total. The van der Waals surface area contributed by atoms with Crippen molar-refractivity contribution < 1.29 is 15.0 Å². The third-order valence-electron chi connectivity index (χ3n) is 2.74. The van der Waals surface area contributed by atoms with Gasteiger partial charge in [-0.15, -0.1) is 0 Å². The fraction of sp³-hybridized carbons (Fsp3) is 0.786. The lowest BCUT2D eigenvalue weighted by Gasteiger charge is -2.07. The van der Waals surface area contributed by atoms with Crippen LogP contribution in [0.3, 0.4) is 0 Å². The number of rotatable bonds is 11. The van der Waals surface area contributed by atoms with E-state index in [1.807, 2.05) is 12.2 Å². The molecule has 0 heterocycles. The smallest absolute Gasteiger partial charge is 0.303 e. The van der Waals surface area contributed by atoms with Gasteiger partial charge in [0.1, 0.15) is 0 Å². The van der Waals surface area contributed by atoms with Gasteiger partial charge in [-0.1, -0.05) is 51.2 Å². The number of hydrogen-bond acceptors (Lipinski definition) is 2. The molecule has 0 aliphatic carbocycles. The highest BCUT2D eigenvalue weighted by Gasteiger charge is 2.01. The molecule has 0 rings (SSSR count). The Bertz CT molecular complexity index is 212. The van der Waals surface area contributed by atoms with Crippen LogP contribution in [0.15, 0.2) is 12.2 Å². The quantitative estimate of drug-likeness (QED) is 0.430. The van der Waals surface area contributed by atoms with E-state index in [-0.39, 0.29) is 12.5 Å². The van der Waals surface area contributed by atoms with Crippen molar-refractivity contribution in [3.05, 3.63) is 12.2 Å². The summed E-state index contributed by atoms with van der Waals surface area (Å²) in [6, 6.07) is 0. The molecule has 3 nitrogen and oxygen atoms in total. The summed E-state index contributed by atoms with van der Waals surface area (Å²) in [6.45, 7) is 2.19. The second-order valence-electron chi connectivity index (χ2n) is 4.50. The number of aliphatic hydroxyl groups excluding tert-OH is 1. The summed E-state index contributed by atoms with van der Waals surface area (Å²) in [4.78, 5) is 10.2. The lowest BCUT2D eigenvalue weighted by molar-refractivity contribution is -0.136. The number of carboxylic acid groups (broad SMARTS) is 1. The second-order valence-corrected chi connectivity index (χ2v) is 4.50. The molecule has 0 aliphatic heterocycles. The Morgan fingerprint density at radius 2 is 1.88 bits per heavy atom. The molecule has 0 saturated heterocycles. The summed E-state index contributed by atoms with van der Waals surface area (Å²) < 4.78 is 0. The molecular weight excluding hydrogens is 216 g/mol. The first-order chi connectivity index (χ1) is 8.16. The van der Waals surface area contributed by atoms with Crippen LogP contribution in [0.5, 0.6) is 0 Å². The molecule has 0 fully saturated rings. The van der Waals surface area contributed by atoms with Crippen molar-refractivity contribution in [3.8, 4) is 0 Å². The van der Waals surface area contributed by atoms with Gasteiger partial charge in [-0.3, -0.25) is 4.79 Å². The summed E-state index contributed by atoms with van der Waals surface area (Å²) in [6.07, 6.45) is 11.8. The van der Waals surface area contributed by atoms with E-state index in [2.05, 4.69) is 6.92 Å². The van der Waals surface area contributed by atoms with Crippen LogP contribution < -0.4 is 0 Å². The van der Waals surface area contributed by atoms with E-state index in [4.69, 9.17) is 5.11 Å². The molecule has 0 saturated carbocycles. The molecule has 3 heteroatoms. The average Bonchev–Trinajstić information content (AvgIpc) is 2.28. The molecule has 0 aromatic rings. The van der Waals surface area contributed by atoms with Crippen LogP contribution in [0.2, 0.25) is 0 Å². The van der Waals surface area contributed by atoms with Gasteiger partial charge in [0, 0.05) is 6.42 Å². The van der Waals surface area contributed by atoms with Gasteiger partial charge in [0.05, 0.1) is 6.10 Å². The van der Waals surface area contributed by atoms with Crippen LogP contribution in [0.1, 0.15) is 64.7 Å². The maximum Gasteiger partial charge on any atom is 0.303 e. The zero-order valence-electron chi connectivity index (χ0n) is 10.9. The van der Waals surface area contributed by atoms with Gasteiger partial charge in [0.25, 0.3) is 0 Å². The van der Waals surface area contributed by atoms with Gasteiger partial charge in [-0.05, 0) is 19.3 Å². The van der Waals surface area contributed by atoms with Crippen molar-refractivity contribution >= 4 is 5.97 Å². The van der Waals surface area contributed by atoms with Gasteiger partial charge in [0.15, 0.2) is 0 Å². The molecule has 17 heavy (non-hydrogen) atoms. The fourth-order valence-corrected chi connectivity index (χ4v) is 1.68. The normalized spacial score (nSPS) is 13.1. The van der Waals surface area contributed by atoms with E-state index >= 15 is 0 Å². The lowest BCUT2D eigenvalue weighted by atomic mass is 10.1. The number of carboxylic acids is 1. The summed E-state index contributed by atoms with van der Waals surface area (Å²) in [5, 5.41) is 18.1. The van der Waals surface area contributed by atoms with Crippen LogP contribution in [-0.4, -0.2) is 22.3 Å². The molecule has 0 spiro atoms. The zero-order chi connectivity index (χ0) is 12.9. The molecular formula is C14H26O3. The number of aliphatic hydroxyl groups is 1. The number of aliphatic carboxylic acids is 1. The highest BCUT2D eigenvalue weighted by atomic mass is 16.4. The van der Waals surface area contributed by atoms with Crippen molar-refractivity contribution in [2.75, 3.05) is 0 Å². The Kier molecular flexibility index (Phi) is 11.1. The monoisotopic (exact) mass is 242 g/mol. The topological polar surface area (TPSA) is 57.5 Å². The molecule has 0 bridgehead atoms. The molecule has 0 aromatic carbocycles. The van der Waals surface area contributed by atoms with E-state index < -0.39 is 5.97 Å². The average molecular weight is 242 g/mol. The van der Waals surface area contributed by atoms with E-state index in [0.717, 1.165) is 12.8 Å². The van der Waals surface area contributed by atoms with Crippen LogP contribution in [0.25, 0.3) is 0 Å². The van der Waals surface area contributed by atoms with E-state index in [9.17, 15) is 9.90 Å². The van der Waals surface area contributed by atoms with Gasteiger partial charge >= 0.3 is 5.97 Å². The van der Waals surface area contributed by atoms with Gasteiger partial charge < -0.3 is 10.2 Å². The Balaban J connectivity index is 3.33. The van der Waals surface area contributed by atoms with E-state index in [1.165, 1.54) is 25.7 Å². The Hall–Kier alpha value is -0.830. The Labute approximate surface area is 105 Å². The standard InChI is InChI=1S/C14H26O3/c1-2-3-4-5-7-10-13(15)11-8-6-9-12-14(16)17/h6,8,13,15H,2-5,7,9-12H2,1H3,(H,16,17)/b8-6+. The third kappa shape index (κ3) is 13.1. The minimum absolute atomic E-state index is 0.170. The minimum atomic E-state index is -0.772. The van der Waals surface area contributed by atoms with Gasteiger partial charge in [-0.25, -0.2) is 0 Å². The highest BCUT2D eigenvalue weighted by molar-refractivity contribution is 5.66. The molecule has 100 valence electrons. The van der Waals surface area contributed by atoms with Crippen molar-refractivity contribution in [1.29, 1.82) is 0 Å². The molecule has 1 atom stereocenters. The SMILES string of the molecule is CCCCCCCC(O)C/C=C/CCC(=O)O. The van der Waals surface area contributed by atoms with Crippen LogP contribution >= 0.6 is 0 Å². The Morgan fingerprint density at radius 1 is 1.18 bits per heavy atom. The van der Waals surface area contributed by atoms with Crippen molar-refractivity contribution in [3.63, 3.8) is 0 Å². The van der Waals surface area contributed by atoms with Crippen molar-refractivity contribution in [1.82, 2.24) is 0 Å². The van der Waals surface area contributed by atoms with Gasteiger partial charge in [0.2, 0.25) is 0 Å². The number of allylic oxidation sites excluding steroid dienone is 1. The molecule has 0 amide bonds. The predicted molar refractivity (Wildman–Crippen MR) is 70.0 cm³/mol. The number of unbranched alkanes of at least 4 members (excludes halogenated alkanes) is 4. The molecule has 0 radical (unpaired) electrons. The maximum absolute atomic E-state index is 10.2. The van der Waals surface area contributed by atoms with Gasteiger partial charge in [-0.2, -0.15) is 0 Å². The van der Waals surface area contributed by atoms with Crippen LogP contribution in [-0.2, 0) is 4.79 Å². The molecule has 1 unspecified atom stereocenters. The highest BCUT2D eigenvalue weighted by Crippen LogP contribution is 2.09. The van der Waals surface area contributed by atoms with E-state index in [0.29, 0.717) is 12.8 Å². The summed E-state index contributed by atoms with van der Waals surface area (Å²) in [5.74, 6) is -0.772. The fourth-order valence-electron chi connectivity index (χ4n) is 1.68. The molecule has 0 aromatic heterocycles. The van der Waals surface area contributed by atoms with Crippen molar-refractivity contribution in [2.24, 2.45) is 0 Å². The van der Waals surface area contributed by atoms with E-state index in [1.54, 1.807) is 0 Å². The maximum atomic E-state index is 10.2. The zero-order valence-corrected chi connectivity index (χ0v) is 10.9. The third-order valence-corrected chi connectivity index (χ3v) is 2.74. The summed E-state index contributed by atoms with van der Waals surface area (Å²) in [7, 11) is 0. The first-order valence-electron chi connectivity index (χ1n) is 6.71. The summed E-state index contributed by atoms with van der Waals surface area (Å²) in [5.41, 5.74) is 0. The first kappa shape index (κ1) is 16.2. The Morgan fingerprint density at radius 3 is 2.53 bits per heavy atom. The number of carbonyl (C=O) groups is 1. The predicted octanol–water partition coefficient (Wildman–Crippen LogP) is 3.52. The first-order valence-corrected chi connectivity index (χ1v) is 6.71. The number of hydrogen-bond donors (Lipinski definition) is 2. The largest absolute Gasteiger partial charge is 0.481 e. The second kappa shape index (κ2) is 11.6. The van der Waals surface area contributed by atoms with Crippen LogP contribution in [0, 0.1) is 0 Å².